The Bertz CT molecular complexity index is 1410. The van der Waals surface area contributed by atoms with Gasteiger partial charge in [0.05, 0.1) is 18.2 Å². The third-order valence-corrected chi connectivity index (χ3v) is 8.02. The lowest BCUT2D eigenvalue weighted by molar-refractivity contribution is -0.115. The smallest absolute Gasteiger partial charge is 0.254 e. The molecule has 0 unspecified atom stereocenters. The number of rotatable bonds is 7. The molecular weight excluding hydrogens is 468 g/mol. The first-order chi connectivity index (χ1) is 17.3. The highest BCUT2D eigenvalue weighted by atomic mass is 32.1. The van der Waals surface area contributed by atoms with Gasteiger partial charge in [-0.05, 0) is 59.9 Å². The molecule has 0 radical (unpaired) electrons. The van der Waals surface area contributed by atoms with Crippen molar-refractivity contribution < 1.29 is 14.0 Å². The van der Waals surface area contributed by atoms with Gasteiger partial charge in [0.1, 0.15) is 10.6 Å². The molecule has 0 spiro atoms. The monoisotopic (exact) mass is 500 g/mol. The molecule has 0 saturated heterocycles. The van der Waals surface area contributed by atoms with Crippen molar-refractivity contribution in [3.63, 3.8) is 0 Å². The fraction of sp³-hybridized carbons (Fsp3) is 0.333. The fourth-order valence-electron chi connectivity index (χ4n) is 4.81. The van der Waals surface area contributed by atoms with Crippen LogP contribution in [-0.2, 0) is 35.9 Å². The van der Waals surface area contributed by atoms with Gasteiger partial charge in [0.2, 0.25) is 5.91 Å². The number of thiophene rings is 1. The number of hydrogen-bond donors (Lipinski definition) is 2. The minimum atomic E-state index is -0.142. The molecule has 6 heteroatoms. The summed E-state index contributed by atoms with van der Waals surface area (Å²) in [6.07, 6.45) is 5.52. The van der Waals surface area contributed by atoms with Crippen LogP contribution in [0.25, 0.3) is 11.0 Å². The minimum absolute atomic E-state index is 0.00525. The molecule has 36 heavy (non-hydrogen) atoms. The highest BCUT2D eigenvalue weighted by Gasteiger charge is 2.27. The van der Waals surface area contributed by atoms with Gasteiger partial charge in [-0.1, -0.05) is 57.2 Å². The minimum Gasteiger partial charge on any atom is -0.464 e. The van der Waals surface area contributed by atoms with Gasteiger partial charge in [0, 0.05) is 22.4 Å². The first-order valence-electron chi connectivity index (χ1n) is 12.6. The zero-order valence-corrected chi connectivity index (χ0v) is 21.9. The van der Waals surface area contributed by atoms with Crippen molar-refractivity contribution in [2.45, 2.75) is 58.3 Å². The predicted octanol–water partition coefficient (Wildman–Crippen LogP) is 6.43. The second-order valence-electron chi connectivity index (χ2n) is 10.5. The summed E-state index contributed by atoms with van der Waals surface area (Å²) in [7, 11) is 0. The number of aryl methyl sites for hydroxylation is 1. The molecule has 5 rings (SSSR count). The Morgan fingerprint density at radius 1 is 1.06 bits per heavy atom. The van der Waals surface area contributed by atoms with Crippen molar-refractivity contribution in [2.75, 3.05) is 11.9 Å². The average molecular weight is 501 g/mol. The zero-order valence-electron chi connectivity index (χ0n) is 21.1. The molecule has 5 nitrogen and oxygen atoms in total. The Hall–Kier alpha value is -3.38. The van der Waals surface area contributed by atoms with Gasteiger partial charge in [-0.15, -0.1) is 11.3 Å². The van der Waals surface area contributed by atoms with E-state index in [0.29, 0.717) is 17.1 Å². The summed E-state index contributed by atoms with van der Waals surface area (Å²) in [5.41, 5.74) is 5.75. The van der Waals surface area contributed by atoms with E-state index in [1.54, 1.807) is 17.6 Å². The summed E-state index contributed by atoms with van der Waals surface area (Å²) < 4.78 is 5.72. The van der Waals surface area contributed by atoms with Crippen molar-refractivity contribution >= 4 is 39.1 Å². The number of benzene rings is 2. The van der Waals surface area contributed by atoms with Crippen molar-refractivity contribution in [3.8, 4) is 0 Å². The molecule has 2 aromatic carbocycles. The molecule has 0 saturated carbocycles. The highest BCUT2D eigenvalue weighted by Crippen LogP contribution is 2.39. The Labute approximate surface area is 215 Å². The maximum absolute atomic E-state index is 13.2. The molecule has 0 bridgehead atoms. The number of fused-ring (bicyclic) bond motifs is 2. The van der Waals surface area contributed by atoms with E-state index in [9.17, 15) is 9.59 Å². The number of carbonyl (C=O) groups excluding carboxylic acids is 2. The number of carbonyl (C=O) groups is 2. The molecule has 2 N–H and O–H groups in total. The first kappa shape index (κ1) is 24.3. The van der Waals surface area contributed by atoms with E-state index in [0.717, 1.165) is 47.8 Å². The van der Waals surface area contributed by atoms with Gasteiger partial charge < -0.3 is 15.1 Å². The third kappa shape index (κ3) is 5.09. The largest absolute Gasteiger partial charge is 0.464 e. The maximum Gasteiger partial charge on any atom is 0.254 e. The second kappa shape index (κ2) is 9.94. The standard InChI is InChI=1S/C30H32N2O3S/c1-30(2,3)21-12-13-24-23(17-21)20(18-35-24)16-26(33)32-29-27(22-10-7-11-25(22)36-29)28(34)31-15-14-19-8-5-4-6-9-19/h4-6,8-9,12-13,17-18H,7,10-11,14-16H2,1-3H3,(H,31,34)(H,32,33). The molecule has 2 amide bonds. The van der Waals surface area contributed by atoms with Crippen LogP contribution in [0.2, 0.25) is 0 Å². The Morgan fingerprint density at radius 2 is 1.86 bits per heavy atom. The van der Waals surface area contributed by atoms with E-state index >= 15 is 0 Å². The second-order valence-corrected chi connectivity index (χ2v) is 11.6. The van der Waals surface area contributed by atoms with Crippen LogP contribution in [0, 0.1) is 0 Å². The van der Waals surface area contributed by atoms with Crippen LogP contribution in [0.15, 0.2) is 59.2 Å². The third-order valence-electron chi connectivity index (χ3n) is 6.81. The number of hydrogen-bond acceptors (Lipinski definition) is 4. The summed E-state index contributed by atoms with van der Waals surface area (Å²) in [6, 6.07) is 16.3. The summed E-state index contributed by atoms with van der Waals surface area (Å²) >= 11 is 1.54. The summed E-state index contributed by atoms with van der Waals surface area (Å²) in [6.45, 7) is 7.06. The first-order valence-corrected chi connectivity index (χ1v) is 13.4. The maximum atomic E-state index is 13.2. The Kier molecular flexibility index (Phi) is 6.71. The molecule has 0 fully saturated rings. The lowest BCUT2D eigenvalue weighted by Gasteiger charge is -2.18. The van der Waals surface area contributed by atoms with E-state index < -0.39 is 0 Å². The number of anilines is 1. The average Bonchev–Trinajstić information content (AvgIpc) is 3.54. The fourth-order valence-corrected chi connectivity index (χ4v) is 6.12. The molecule has 4 aromatic rings. The van der Waals surface area contributed by atoms with Gasteiger partial charge in [-0.3, -0.25) is 9.59 Å². The normalized spacial score (nSPS) is 13.1. The summed E-state index contributed by atoms with van der Waals surface area (Å²) in [5, 5.41) is 7.74. The van der Waals surface area contributed by atoms with Crippen molar-refractivity contribution in [2.24, 2.45) is 0 Å². The quantitative estimate of drug-likeness (QED) is 0.307. The van der Waals surface area contributed by atoms with E-state index in [-0.39, 0.29) is 23.7 Å². The van der Waals surface area contributed by atoms with Crippen molar-refractivity contribution in [3.05, 3.63) is 87.5 Å². The molecule has 186 valence electrons. The lowest BCUT2D eigenvalue weighted by Crippen LogP contribution is -2.27. The highest BCUT2D eigenvalue weighted by molar-refractivity contribution is 7.17. The summed E-state index contributed by atoms with van der Waals surface area (Å²) in [5.74, 6) is -0.249. The Balaban J connectivity index is 1.31. The van der Waals surface area contributed by atoms with E-state index in [2.05, 4.69) is 55.7 Å². The van der Waals surface area contributed by atoms with Gasteiger partial charge >= 0.3 is 0 Å². The van der Waals surface area contributed by atoms with Gasteiger partial charge in [0.25, 0.3) is 5.91 Å². The molecule has 2 aromatic heterocycles. The number of furan rings is 1. The van der Waals surface area contributed by atoms with Gasteiger partial charge in [0.15, 0.2) is 0 Å². The molecule has 0 atom stereocenters. The van der Waals surface area contributed by atoms with E-state index in [4.69, 9.17) is 4.42 Å². The lowest BCUT2D eigenvalue weighted by atomic mass is 9.86. The van der Waals surface area contributed by atoms with Gasteiger partial charge in [-0.25, -0.2) is 0 Å². The molecule has 1 aliphatic rings. The molecule has 1 aliphatic carbocycles. The molecule has 0 aliphatic heterocycles. The topological polar surface area (TPSA) is 71.3 Å². The van der Waals surface area contributed by atoms with Crippen LogP contribution in [0.1, 0.15) is 64.7 Å². The number of amides is 2. The van der Waals surface area contributed by atoms with Crippen molar-refractivity contribution in [1.82, 2.24) is 5.32 Å². The van der Waals surface area contributed by atoms with E-state index in [1.807, 2.05) is 24.3 Å². The predicted molar refractivity (Wildman–Crippen MR) is 146 cm³/mol. The van der Waals surface area contributed by atoms with Crippen molar-refractivity contribution in [1.29, 1.82) is 0 Å². The SMILES string of the molecule is CC(C)(C)c1ccc2occ(CC(=O)Nc3sc4c(c3C(=O)NCCc3ccccc3)CCC4)c2c1. The van der Waals surface area contributed by atoms with Gasteiger partial charge in [-0.2, -0.15) is 0 Å². The molecular formula is C30H32N2O3S. The Morgan fingerprint density at radius 3 is 2.64 bits per heavy atom. The zero-order chi connectivity index (χ0) is 25.3. The van der Waals surface area contributed by atoms with Crippen LogP contribution in [0.5, 0.6) is 0 Å². The number of nitrogens with one attached hydrogen (secondary N) is 2. The van der Waals surface area contributed by atoms with Crippen LogP contribution in [0.3, 0.4) is 0 Å². The van der Waals surface area contributed by atoms with Crippen LogP contribution >= 0.6 is 11.3 Å². The van der Waals surface area contributed by atoms with Crippen LogP contribution in [0.4, 0.5) is 5.00 Å². The van der Waals surface area contributed by atoms with E-state index in [1.165, 1.54) is 16.0 Å². The van der Waals surface area contributed by atoms with Crippen LogP contribution in [-0.4, -0.2) is 18.4 Å². The molecule has 2 heterocycles. The summed E-state index contributed by atoms with van der Waals surface area (Å²) in [4.78, 5) is 27.5. The van der Waals surface area contributed by atoms with Crippen LogP contribution < -0.4 is 10.6 Å².